The average molecular weight is 353 g/mol. The molecule has 2 aromatic rings. The number of quaternary nitrogens is 1. The number of amides is 1. The topological polar surface area (TPSA) is 42.8 Å². The predicted molar refractivity (Wildman–Crippen MR) is 88.7 cm³/mol. The Morgan fingerprint density at radius 3 is 2.79 bits per heavy atom. The second kappa shape index (κ2) is 7.72. The van der Waals surface area contributed by atoms with Crippen LogP contribution in [0, 0.1) is 0 Å². The van der Waals surface area contributed by atoms with Crippen LogP contribution in [0.2, 0.25) is 0 Å². The molecule has 1 fully saturated rings. The molecule has 7 heteroatoms. The summed E-state index contributed by atoms with van der Waals surface area (Å²) in [6.07, 6.45) is 2.22. The largest absolute Gasteiger partial charge is 0.435 e. The van der Waals surface area contributed by atoms with Crippen LogP contribution in [0.5, 0.6) is 5.75 Å². The van der Waals surface area contributed by atoms with Gasteiger partial charge in [0.1, 0.15) is 11.8 Å². The minimum atomic E-state index is -2.85. The minimum absolute atomic E-state index is 0.0732. The predicted octanol–water partition coefficient (Wildman–Crippen LogP) is 2.71. The number of carbonyl (C=O) groups is 1. The van der Waals surface area contributed by atoms with Crippen LogP contribution in [0.25, 0.3) is 0 Å². The Morgan fingerprint density at radius 2 is 2.12 bits per heavy atom. The standard InChI is InChI=1S/C17H18F2N2O2S/c18-17(19)23-13-7-5-12(6-8-13)20-16(22)11-21-9-1-3-14(21)15-4-2-10-24-15/h2,4-8,10,14,17H,1,3,9,11H2,(H,20,22)/p+1/t14-/m0/s1. The number of nitrogens with one attached hydrogen (secondary N) is 2. The Morgan fingerprint density at radius 1 is 1.33 bits per heavy atom. The molecule has 3 rings (SSSR count). The summed E-state index contributed by atoms with van der Waals surface area (Å²) in [6.45, 7) is -1.46. The molecule has 1 aliphatic rings. The number of hydrogen-bond donors (Lipinski definition) is 2. The SMILES string of the molecule is O=C(C[NH+]1CCC[C@H]1c1cccs1)Nc1ccc(OC(F)F)cc1. The monoisotopic (exact) mass is 353 g/mol. The first kappa shape index (κ1) is 16.9. The number of hydrogen-bond acceptors (Lipinski definition) is 3. The van der Waals surface area contributed by atoms with E-state index in [0.29, 0.717) is 18.3 Å². The summed E-state index contributed by atoms with van der Waals surface area (Å²) in [5.74, 6) is 0.00177. The van der Waals surface area contributed by atoms with E-state index < -0.39 is 6.61 Å². The van der Waals surface area contributed by atoms with Crippen molar-refractivity contribution in [3.05, 3.63) is 46.7 Å². The van der Waals surface area contributed by atoms with Gasteiger partial charge in [-0.3, -0.25) is 4.79 Å². The Bertz CT molecular complexity index is 662. The summed E-state index contributed by atoms with van der Waals surface area (Å²) in [6, 6.07) is 10.5. The second-order valence-electron chi connectivity index (χ2n) is 5.75. The summed E-state index contributed by atoms with van der Waals surface area (Å²) in [7, 11) is 0. The van der Waals surface area contributed by atoms with Crippen LogP contribution in [0.3, 0.4) is 0 Å². The summed E-state index contributed by atoms with van der Waals surface area (Å²) >= 11 is 1.73. The van der Waals surface area contributed by atoms with Crippen molar-refractivity contribution >= 4 is 22.9 Å². The average Bonchev–Trinajstić information content (AvgIpc) is 3.19. The maximum absolute atomic E-state index is 12.3. The molecule has 2 N–H and O–H groups in total. The molecule has 1 unspecified atom stereocenters. The fourth-order valence-electron chi connectivity index (χ4n) is 3.09. The number of thiophene rings is 1. The number of benzene rings is 1. The lowest BCUT2D eigenvalue weighted by atomic mass is 10.2. The molecule has 2 heterocycles. The van der Waals surface area contributed by atoms with Gasteiger partial charge in [0.2, 0.25) is 0 Å². The van der Waals surface area contributed by atoms with Gasteiger partial charge in [0.25, 0.3) is 5.91 Å². The minimum Gasteiger partial charge on any atom is -0.435 e. The van der Waals surface area contributed by atoms with E-state index >= 15 is 0 Å². The number of carbonyl (C=O) groups excluding carboxylic acids is 1. The van der Waals surface area contributed by atoms with Gasteiger partial charge in [-0.25, -0.2) is 0 Å². The van der Waals surface area contributed by atoms with Crippen molar-refractivity contribution in [2.24, 2.45) is 0 Å². The zero-order valence-electron chi connectivity index (χ0n) is 13.0. The van der Waals surface area contributed by atoms with Crippen LogP contribution in [0.1, 0.15) is 23.8 Å². The van der Waals surface area contributed by atoms with Crippen LogP contribution in [-0.4, -0.2) is 25.6 Å². The first-order valence-electron chi connectivity index (χ1n) is 7.84. The molecule has 0 saturated carbocycles. The maximum Gasteiger partial charge on any atom is 0.387 e. The molecule has 0 radical (unpaired) electrons. The molecule has 1 amide bonds. The van der Waals surface area contributed by atoms with Gasteiger partial charge in [-0.05, 0) is 35.7 Å². The lowest BCUT2D eigenvalue weighted by molar-refractivity contribution is -0.910. The van der Waals surface area contributed by atoms with Gasteiger partial charge in [-0.1, -0.05) is 6.07 Å². The van der Waals surface area contributed by atoms with Crippen LogP contribution in [-0.2, 0) is 4.79 Å². The summed E-state index contributed by atoms with van der Waals surface area (Å²) in [5.41, 5.74) is 0.577. The highest BCUT2D eigenvalue weighted by Gasteiger charge is 2.32. The molecule has 1 aliphatic heterocycles. The van der Waals surface area contributed by atoms with Crippen molar-refractivity contribution in [2.75, 3.05) is 18.4 Å². The number of anilines is 1. The third-order valence-corrected chi connectivity index (χ3v) is 5.11. The molecule has 1 aromatic carbocycles. The van der Waals surface area contributed by atoms with E-state index in [9.17, 15) is 13.6 Å². The Kier molecular flexibility index (Phi) is 5.42. The summed E-state index contributed by atoms with van der Waals surface area (Å²) in [5, 5.41) is 4.88. The van der Waals surface area contributed by atoms with E-state index in [-0.39, 0.29) is 11.7 Å². The van der Waals surface area contributed by atoms with Gasteiger partial charge in [0.15, 0.2) is 6.54 Å². The highest BCUT2D eigenvalue weighted by Crippen LogP contribution is 2.23. The molecular weight excluding hydrogens is 334 g/mol. The summed E-state index contributed by atoms with van der Waals surface area (Å²) in [4.78, 5) is 14.9. The van der Waals surface area contributed by atoms with Gasteiger partial charge < -0.3 is 15.0 Å². The molecule has 0 spiro atoms. The van der Waals surface area contributed by atoms with E-state index in [1.54, 1.807) is 23.5 Å². The van der Waals surface area contributed by atoms with Gasteiger partial charge in [0.05, 0.1) is 11.4 Å². The van der Waals surface area contributed by atoms with Gasteiger partial charge in [-0.15, -0.1) is 11.3 Å². The maximum atomic E-state index is 12.3. The van der Waals surface area contributed by atoms with Crippen molar-refractivity contribution in [3.8, 4) is 5.75 Å². The van der Waals surface area contributed by atoms with Crippen molar-refractivity contribution < 1.29 is 23.2 Å². The van der Waals surface area contributed by atoms with Gasteiger partial charge >= 0.3 is 6.61 Å². The third-order valence-electron chi connectivity index (χ3n) is 4.12. The Balaban J connectivity index is 1.55. The van der Waals surface area contributed by atoms with Gasteiger partial charge in [-0.2, -0.15) is 8.78 Å². The van der Waals surface area contributed by atoms with Crippen LogP contribution < -0.4 is 15.0 Å². The fraction of sp³-hybridized carbons (Fsp3) is 0.353. The molecule has 0 aliphatic carbocycles. The quantitative estimate of drug-likeness (QED) is 0.839. The number of rotatable bonds is 6. The molecule has 128 valence electrons. The molecule has 0 bridgehead atoms. The van der Waals surface area contributed by atoms with Crippen LogP contribution >= 0.6 is 11.3 Å². The molecule has 2 atom stereocenters. The fourth-order valence-corrected chi connectivity index (χ4v) is 4.01. The van der Waals surface area contributed by atoms with Crippen molar-refractivity contribution in [3.63, 3.8) is 0 Å². The Labute approximate surface area is 143 Å². The lowest BCUT2D eigenvalue weighted by Crippen LogP contribution is -3.11. The molecular formula is C17H19F2N2O2S+. The molecule has 4 nitrogen and oxygen atoms in total. The highest BCUT2D eigenvalue weighted by molar-refractivity contribution is 7.10. The van der Waals surface area contributed by atoms with Gasteiger partial charge in [0, 0.05) is 18.5 Å². The van der Waals surface area contributed by atoms with Crippen molar-refractivity contribution in [1.82, 2.24) is 0 Å². The Hall–Kier alpha value is -1.99. The summed E-state index contributed by atoms with van der Waals surface area (Å²) < 4.78 is 28.5. The molecule has 24 heavy (non-hydrogen) atoms. The highest BCUT2D eigenvalue weighted by atomic mass is 32.1. The first-order chi connectivity index (χ1) is 11.6. The van der Waals surface area contributed by atoms with E-state index in [1.807, 2.05) is 6.07 Å². The van der Waals surface area contributed by atoms with E-state index in [4.69, 9.17) is 0 Å². The second-order valence-corrected chi connectivity index (χ2v) is 6.73. The first-order valence-corrected chi connectivity index (χ1v) is 8.72. The normalized spacial score (nSPS) is 20.3. The van der Waals surface area contributed by atoms with E-state index in [2.05, 4.69) is 21.5 Å². The van der Waals surface area contributed by atoms with Crippen LogP contribution in [0.15, 0.2) is 41.8 Å². The van der Waals surface area contributed by atoms with Crippen LogP contribution in [0.4, 0.5) is 14.5 Å². The van der Waals surface area contributed by atoms with Crippen molar-refractivity contribution in [2.45, 2.75) is 25.5 Å². The van der Waals surface area contributed by atoms with E-state index in [0.717, 1.165) is 19.4 Å². The zero-order chi connectivity index (χ0) is 16.9. The molecule has 1 saturated heterocycles. The van der Waals surface area contributed by atoms with E-state index in [1.165, 1.54) is 21.9 Å². The lowest BCUT2D eigenvalue weighted by Gasteiger charge is -2.20. The third kappa shape index (κ3) is 4.30. The molecule has 1 aromatic heterocycles. The zero-order valence-corrected chi connectivity index (χ0v) is 13.8. The van der Waals surface area contributed by atoms with Crippen molar-refractivity contribution in [1.29, 1.82) is 0 Å². The number of halogens is 2. The smallest absolute Gasteiger partial charge is 0.387 e. The number of likely N-dealkylation sites (tertiary alicyclic amines) is 1. The number of ether oxygens (including phenoxy) is 1. The number of alkyl halides is 2.